The van der Waals surface area contributed by atoms with Crippen LogP contribution in [0.4, 0.5) is 5.82 Å². The van der Waals surface area contributed by atoms with Crippen molar-refractivity contribution in [2.45, 2.75) is 13.3 Å². The Labute approximate surface area is 127 Å². The van der Waals surface area contributed by atoms with Crippen molar-refractivity contribution in [1.29, 1.82) is 0 Å². The van der Waals surface area contributed by atoms with Gasteiger partial charge in [0, 0.05) is 30.0 Å². The average molecular weight is 296 g/mol. The molecule has 2 heterocycles. The highest BCUT2D eigenvalue weighted by Gasteiger charge is 2.06. The highest BCUT2D eigenvalue weighted by atomic mass is 32.1. The predicted molar refractivity (Wildman–Crippen MR) is 86.6 cm³/mol. The molecule has 3 rings (SSSR count). The number of rotatable bonds is 5. The van der Waals surface area contributed by atoms with Crippen LogP contribution in [0.2, 0.25) is 0 Å². The molecule has 0 atom stereocenters. The fourth-order valence-corrected chi connectivity index (χ4v) is 2.88. The second kappa shape index (κ2) is 6.45. The van der Waals surface area contributed by atoms with E-state index >= 15 is 0 Å². The third-order valence-electron chi connectivity index (χ3n) is 3.04. The highest BCUT2D eigenvalue weighted by molar-refractivity contribution is 7.10. The summed E-state index contributed by atoms with van der Waals surface area (Å²) in [4.78, 5) is 13.2. The van der Waals surface area contributed by atoms with Crippen LogP contribution in [-0.4, -0.2) is 21.5 Å². The third-order valence-corrected chi connectivity index (χ3v) is 3.88. The molecule has 0 saturated heterocycles. The molecule has 3 aromatic rings. The summed E-state index contributed by atoms with van der Waals surface area (Å²) in [5.41, 5.74) is 3.16. The Hall–Kier alpha value is -2.27. The van der Waals surface area contributed by atoms with Gasteiger partial charge in [-0.2, -0.15) is 0 Å². The molecule has 21 heavy (non-hydrogen) atoms. The van der Waals surface area contributed by atoms with E-state index in [1.54, 1.807) is 17.7 Å². The molecule has 106 valence electrons. The van der Waals surface area contributed by atoms with E-state index in [0.29, 0.717) is 0 Å². The molecule has 1 N–H and O–H groups in total. The summed E-state index contributed by atoms with van der Waals surface area (Å²) in [5.74, 6) is 0.863. The summed E-state index contributed by atoms with van der Waals surface area (Å²) in [7, 11) is 0. The van der Waals surface area contributed by atoms with Crippen molar-refractivity contribution in [2.24, 2.45) is 0 Å². The molecule has 0 aliphatic carbocycles. The van der Waals surface area contributed by atoms with Gasteiger partial charge in [-0.25, -0.2) is 15.0 Å². The Morgan fingerprint density at radius 2 is 2.00 bits per heavy atom. The van der Waals surface area contributed by atoms with Gasteiger partial charge in [-0.15, -0.1) is 11.3 Å². The van der Waals surface area contributed by atoms with Crippen molar-refractivity contribution in [1.82, 2.24) is 15.0 Å². The number of nitrogens with one attached hydrogen (secondary N) is 1. The lowest BCUT2D eigenvalue weighted by molar-refractivity contribution is 1.01. The SMILES string of the molecule is CCNc1cc(Cc2nc(-c3ccccc3)cs2)ncn1. The van der Waals surface area contributed by atoms with Crippen molar-refractivity contribution >= 4 is 17.2 Å². The number of nitrogens with zero attached hydrogens (tertiary/aromatic N) is 3. The lowest BCUT2D eigenvalue weighted by atomic mass is 10.2. The third kappa shape index (κ3) is 3.44. The Morgan fingerprint density at radius 3 is 2.81 bits per heavy atom. The Morgan fingerprint density at radius 1 is 1.14 bits per heavy atom. The van der Waals surface area contributed by atoms with Crippen LogP contribution in [0, 0.1) is 0 Å². The van der Waals surface area contributed by atoms with Crippen LogP contribution in [0.15, 0.2) is 48.1 Å². The van der Waals surface area contributed by atoms with Crippen molar-refractivity contribution < 1.29 is 0 Å². The van der Waals surface area contributed by atoms with Crippen LogP contribution in [0.1, 0.15) is 17.6 Å². The second-order valence-electron chi connectivity index (χ2n) is 4.59. The minimum atomic E-state index is 0.735. The van der Waals surface area contributed by atoms with E-state index in [0.717, 1.165) is 40.7 Å². The molecule has 1 aromatic carbocycles. The maximum absolute atomic E-state index is 4.69. The number of thiazole rings is 1. The summed E-state index contributed by atoms with van der Waals surface area (Å²) in [6.45, 7) is 2.90. The van der Waals surface area contributed by atoms with Crippen LogP contribution < -0.4 is 5.32 Å². The number of hydrogen-bond acceptors (Lipinski definition) is 5. The molecular formula is C16H16N4S. The maximum Gasteiger partial charge on any atom is 0.129 e. The van der Waals surface area contributed by atoms with Crippen molar-refractivity contribution in [3.05, 3.63) is 58.8 Å². The molecule has 5 heteroatoms. The highest BCUT2D eigenvalue weighted by Crippen LogP contribution is 2.23. The normalized spacial score (nSPS) is 10.5. The molecule has 0 fully saturated rings. The van der Waals surface area contributed by atoms with Gasteiger partial charge in [0.25, 0.3) is 0 Å². The maximum atomic E-state index is 4.69. The fourth-order valence-electron chi connectivity index (χ4n) is 2.06. The topological polar surface area (TPSA) is 50.7 Å². The molecular weight excluding hydrogens is 280 g/mol. The van der Waals surface area contributed by atoms with E-state index in [1.807, 2.05) is 24.3 Å². The first-order valence-electron chi connectivity index (χ1n) is 6.90. The van der Waals surface area contributed by atoms with Gasteiger partial charge in [0.05, 0.1) is 16.4 Å². The lowest BCUT2D eigenvalue weighted by Gasteiger charge is -2.03. The summed E-state index contributed by atoms with van der Waals surface area (Å²) < 4.78 is 0. The van der Waals surface area contributed by atoms with Gasteiger partial charge >= 0.3 is 0 Å². The van der Waals surface area contributed by atoms with Gasteiger partial charge < -0.3 is 5.32 Å². The number of anilines is 1. The molecule has 0 saturated carbocycles. The quantitative estimate of drug-likeness (QED) is 0.781. The van der Waals surface area contributed by atoms with Crippen LogP contribution >= 0.6 is 11.3 Å². The predicted octanol–water partition coefficient (Wildman–Crippen LogP) is 3.62. The molecule has 0 radical (unpaired) electrons. The summed E-state index contributed by atoms with van der Waals surface area (Å²) >= 11 is 1.67. The van der Waals surface area contributed by atoms with Gasteiger partial charge in [-0.3, -0.25) is 0 Å². The Balaban J connectivity index is 1.77. The van der Waals surface area contributed by atoms with Crippen LogP contribution in [0.3, 0.4) is 0 Å². The Kier molecular flexibility index (Phi) is 4.21. The zero-order valence-corrected chi connectivity index (χ0v) is 12.6. The van der Waals surface area contributed by atoms with E-state index in [4.69, 9.17) is 0 Å². The first-order valence-corrected chi connectivity index (χ1v) is 7.77. The van der Waals surface area contributed by atoms with Crippen LogP contribution in [-0.2, 0) is 6.42 Å². The molecule has 0 spiro atoms. The summed E-state index contributed by atoms with van der Waals surface area (Å²) in [6.07, 6.45) is 2.33. The molecule has 0 aliphatic rings. The summed E-state index contributed by atoms with van der Waals surface area (Å²) in [6, 6.07) is 12.2. The van der Waals surface area contributed by atoms with Crippen molar-refractivity contribution in [3.8, 4) is 11.3 Å². The monoisotopic (exact) mass is 296 g/mol. The number of aromatic nitrogens is 3. The number of hydrogen-bond donors (Lipinski definition) is 1. The smallest absolute Gasteiger partial charge is 0.129 e. The van der Waals surface area contributed by atoms with E-state index in [1.165, 1.54) is 0 Å². The molecule has 0 bridgehead atoms. The molecule has 0 unspecified atom stereocenters. The van der Waals surface area contributed by atoms with Gasteiger partial charge in [0.2, 0.25) is 0 Å². The van der Waals surface area contributed by atoms with Crippen molar-refractivity contribution in [2.75, 3.05) is 11.9 Å². The van der Waals surface area contributed by atoms with Crippen molar-refractivity contribution in [3.63, 3.8) is 0 Å². The average Bonchev–Trinajstić information content (AvgIpc) is 2.97. The molecule has 0 amide bonds. The van der Waals surface area contributed by atoms with Gasteiger partial charge in [-0.05, 0) is 6.92 Å². The minimum absolute atomic E-state index is 0.735. The van der Waals surface area contributed by atoms with Crippen LogP contribution in [0.25, 0.3) is 11.3 Å². The van der Waals surface area contributed by atoms with E-state index in [9.17, 15) is 0 Å². The first-order chi connectivity index (χ1) is 10.3. The zero-order valence-electron chi connectivity index (χ0n) is 11.8. The second-order valence-corrected chi connectivity index (χ2v) is 5.54. The molecule has 4 nitrogen and oxygen atoms in total. The zero-order chi connectivity index (χ0) is 14.5. The Bertz CT molecular complexity index is 709. The first kappa shape index (κ1) is 13.7. The summed E-state index contributed by atoms with van der Waals surface area (Å²) in [5, 5.41) is 6.36. The van der Waals surface area contributed by atoms with Crippen LogP contribution in [0.5, 0.6) is 0 Å². The minimum Gasteiger partial charge on any atom is -0.370 e. The van der Waals surface area contributed by atoms with E-state index in [2.05, 4.69) is 44.7 Å². The largest absolute Gasteiger partial charge is 0.370 e. The number of benzene rings is 1. The standard InChI is InChI=1S/C16H16N4S/c1-2-17-15-8-13(18-11-19-15)9-16-20-14(10-21-16)12-6-4-3-5-7-12/h3-8,10-11H,2,9H2,1H3,(H,17,18,19). The van der Waals surface area contributed by atoms with E-state index < -0.39 is 0 Å². The van der Waals surface area contributed by atoms with E-state index in [-0.39, 0.29) is 0 Å². The molecule has 0 aliphatic heterocycles. The van der Waals surface area contributed by atoms with Gasteiger partial charge in [0.1, 0.15) is 12.1 Å². The molecule has 2 aromatic heterocycles. The van der Waals surface area contributed by atoms with Gasteiger partial charge in [-0.1, -0.05) is 30.3 Å². The lowest BCUT2D eigenvalue weighted by Crippen LogP contribution is -2.01. The van der Waals surface area contributed by atoms with Gasteiger partial charge in [0.15, 0.2) is 0 Å². The fraction of sp³-hybridized carbons (Fsp3) is 0.188.